The van der Waals surface area contributed by atoms with Crippen LogP contribution in [0.4, 0.5) is 0 Å². The second-order valence-electron chi connectivity index (χ2n) is 11.3. The number of carbonyl (C=O) groups is 1. The molecule has 0 aromatic carbocycles. The van der Waals surface area contributed by atoms with Crippen molar-refractivity contribution in [3.8, 4) is 0 Å². The second-order valence-corrected chi connectivity index (χ2v) is 11.3. The lowest BCUT2D eigenvalue weighted by atomic mass is 9.41. The minimum Gasteiger partial charge on any atom is -0.342 e. The van der Waals surface area contributed by atoms with Crippen LogP contribution in [0.15, 0.2) is 0 Å². The van der Waals surface area contributed by atoms with E-state index in [1.807, 2.05) is 0 Å². The zero-order chi connectivity index (χ0) is 18.7. The molecule has 0 radical (unpaired) electrons. The molecule has 2 heteroatoms. The Kier molecular flexibility index (Phi) is 4.52. The molecule has 26 heavy (non-hydrogen) atoms. The number of hydrogen-bond acceptors (Lipinski definition) is 1. The molecule has 2 nitrogen and oxygen atoms in total. The minimum atomic E-state index is 0.350. The van der Waals surface area contributed by atoms with Crippen molar-refractivity contribution >= 4 is 5.91 Å². The Morgan fingerprint density at radius 1 is 1.08 bits per heavy atom. The Morgan fingerprint density at radius 2 is 1.85 bits per heavy atom. The van der Waals surface area contributed by atoms with Gasteiger partial charge >= 0.3 is 0 Å². The van der Waals surface area contributed by atoms with Crippen molar-refractivity contribution in [2.24, 2.45) is 34.0 Å². The van der Waals surface area contributed by atoms with Crippen molar-refractivity contribution in [1.29, 1.82) is 0 Å². The van der Waals surface area contributed by atoms with Crippen molar-refractivity contribution in [2.75, 3.05) is 7.05 Å². The van der Waals surface area contributed by atoms with Gasteiger partial charge in [-0.05, 0) is 78.9 Å². The van der Waals surface area contributed by atoms with Gasteiger partial charge in [0.2, 0.25) is 5.91 Å². The van der Waals surface area contributed by atoms with Gasteiger partial charge in [0.1, 0.15) is 0 Å². The third kappa shape index (κ3) is 2.53. The molecule has 148 valence electrons. The summed E-state index contributed by atoms with van der Waals surface area (Å²) in [7, 11) is 2.10. The second kappa shape index (κ2) is 6.24. The Morgan fingerprint density at radius 3 is 2.58 bits per heavy atom. The smallest absolute Gasteiger partial charge is 0.222 e. The number of piperidine rings is 1. The number of amides is 1. The molecular weight excluding hydrogens is 318 g/mol. The zero-order valence-corrected chi connectivity index (χ0v) is 17.9. The number of nitrogens with zero attached hydrogens (tertiary/aromatic N) is 1. The molecule has 7 atom stereocenters. The van der Waals surface area contributed by atoms with Crippen LogP contribution in [0.2, 0.25) is 0 Å². The van der Waals surface area contributed by atoms with Gasteiger partial charge in [-0.1, -0.05) is 47.0 Å². The zero-order valence-electron chi connectivity index (χ0n) is 17.9. The highest BCUT2D eigenvalue weighted by molar-refractivity contribution is 5.77. The van der Waals surface area contributed by atoms with Crippen LogP contribution >= 0.6 is 0 Å². The van der Waals surface area contributed by atoms with E-state index in [9.17, 15) is 4.79 Å². The van der Waals surface area contributed by atoms with Gasteiger partial charge in [0, 0.05) is 19.5 Å². The topological polar surface area (TPSA) is 20.3 Å². The molecule has 3 aliphatic carbocycles. The predicted octanol–water partition coefficient (Wildman–Crippen LogP) is 6.05. The first-order chi connectivity index (χ1) is 12.3. The maximum Gasteiger partial charge on any atom is 0.222 e. The van der Waals surface area contributed by atoms with Gasteiger partial charge in [0.05, 0.1) is 0 Å². The van der Waals surface area contributed by atoms with E-state index in [-0.39, 0.29) is 0 Å². The Hall–Kier alpha value is -0.530. The van der Waals surface area contributed by atoms with Crippen LogP contribution in [0.3, 0.4) is 0 Å². The molecule has 0 spiro atoms. The quantitative estimate of drug-likeness (QED) is 0.601. The Labute approximate surface area is 161 Å². The van der Waals surface area contributed by atoms with E-state index in [0.717, 1.165) is 30.6 Å². The normalized spacial score (nSPS) is 51.0. The van der Waals surface area contributed by atoms with Crippen LogP contribution in [0, 0.1) is 34.0 Å². The van der Waals surface area contributed by atoms with Crippen molar-refractivity contribution in [1.82, 2.24) is 4.90 Å². The van der Waals surface area contributed by atoms with Gasteiger partial charge in [-0.3, -0.25) is 4.79 Å². The molecule has 1 heterocycles. The number of hydrogen-bond donors (Lipinski definition) is 0. The fourth-order valence-electron chi connectivity index (χ4n) is 8.40. The summed E-state index contributed by atoms with van der Waals surface area (Å²) >= 11 is 0. The maximum absolute atomic E-state index is 12.5. The van der Waals surface area contributed by atoms with Crippen LogP contribution in [-0.2, 0) is 4.79 Å². The lowest BCUT2D eigenvalue weighted by Gasteiger charge is -2.67. The number of rotatable bonds is 3. The standard InChI is InChI=1S/C24H41NO/c1-6-7-12-23(3)16-19-24(4,15-11-20(26)25(19)5)18-10-14-22(2)13-8-9-17(22)21(18)23/h17-19,21H,6-16H2,1-5H3/t17-,18-,19+,21-,22-,23-,24+/m0/s1. The third-order valence-electron chi connectivity index (χ3n) is 9.96. The van der Waals surface area contributed by atoms with Gasteiger partial charge in [0.15, 0.2) is 0 Å². The van der Waals surface area contributed by atoms with Gasteiger partial charge in [-0.25, -0.2) is 0 Å². The highest BCUT2D eigenvalue weighted by Crippen LogP contribution is 2.69. The SMILES string of the molecule is CCCC[C@@]1(C)C[C@H]2N(C)C(=O)CC[C@]2(C)[C@H]2CC[C@]3(C)CCC[C@H]3[C@@H]21. The predicted molar refractivity (Wildman–Crippen MR) is 108 cm³/mol. The van der Waals surface area contributed by atoms with Crippen LogP contribution in [0.5, 0.6) is 0 Å². The maximum atomic E-state index is 12.5. The van der Waals surface area contributed by atoms with Crippen LogP contribution in [0.1, 0.15) is 98.3 Å². The van der Waals surface area contributed by atoms with Crippen molar-refractivity contribution in [3.63, 3.8) is 0 Å². The lowest BCUT2D eigenvalue weighted by Crippen LogP contribution is -2.65. The summed E-state index contributed by atoms with van der Waals surface area (Å²) in [5, 5.41) is 0. The molecule has 1 amide bonds. The van der Waals surface area contributed by atoms with E-state index in [2.05, 4.69) is 39.6 Å². The van der Waals surface area contributed by atoms with Gasteiger partial charge in [-0.15, -0.1) is 0 Å². The number of likely N-dealkylation sites (tertiary alicyclic amines) is 1. The lowest BCUT2D eigenvalue weighted by molar-refractivity contribution is -0.185. The first-order valence-corrected chi connectivity index (χ1v) is 11.5. The van der Waals surface area contributed by atoms with Gasteiger partial charge in [-0.2, -0.15) is 0 Å². The van der Waals surface area contributed by atoms with E-state index < -0.39 is 0 Å². The highest BCUT2D eigenvalue weighted by Gasteiger charge is 2.64. The van der Waals surface area contributed by atoms with Crippen LogP contribution < -0.4 is 0 Å². The van der Waals surface area contributed by atoms with E-state index in [1.54, 1.807) is 0 Å². The van der Waals surface area contributed by atoms with E-state index >= 15 is 0 Å². The molecule has 0 N–H and O–H groups in total. The van der Waals surface area contributed by atoms with Gasteiger partial charge in [0.25, 0.3) is 0 Å². The van der Waals surface area contributed by atoms with E-state index in [1.165, 1.54) is 57.8 Å². The van der Waals surface area contributed by atoms with Crippen LogP contribution in [0.25, 0.3) is 0 Å². The molecular formula is C24H41NO. The highest BCUT2D eigenvalue weighted by atomic mass is 16.2. The fourth-order valence-corrected chi connectivity index (χ4v) is 8.40. The van der Waals surface area contributed by atoms with Crippen molar-refractivity contribution in [2.45, 2.75) is 104 Å². The van der Waals surface area contributed by atoms with Crippen molar-refractivity contribution in [3.05, 3.63) is 0 Å². The molecule has 0 bridgehead atoms. The number of carbonyl (C=O) groups excluding carboxylic acids is 1. The van der Waals surface area contributed by atoms with E-state index in [0.29, 0.717) is 28.2 Å². The monoisotopic (exact) mass is 359 g/mol. The molecule has 1 saturated heterocycles. The molecule has 0 aromatic heterocycles. The summed E-state index contributed by atoms with van der Waals surface area (Å²) in [4.78, 5) is 14.7. The fraction of sp³-hybridized carbons (Fsp3) is 0.958. The summed E-state index contributed by atoms with van der Waals surface area (Å²) in [6.07, 6.45) is 14.4. The summed E-state index contributed by atoms with van der Waals surface area (Å²) in [6, 6.07) is 0.470. The average Bonchev–Trinajstić information content (AvgIpc) is 3.00. The van der Waals surface area contributed by atoms with Gasteiger partial charge < -0.3 is 4.90 Å². The number of fused-ring (bicyclic) bond motifs is 5. The Bertz CT molecular complexity index is 573. The molecule has 4 rings (SSSR count). The third-order valence-corrected chi connectivity index (χ3v) is 9.96. The largest absolute Gasteiger partial charge is 0.342 e. The van der Waals surface area contributed by atoms with Crippen molar-refractivity contribution < 1.29 is 4.79 Å². The summed E-state index contributed by atoms with van der Waals surface area (Å²) in [6.45, 7) is 10.1. The molecule has 4 fully saturated rings. The van der Waals surface area contributed by atoms with E-state index in [4.69, 9.17) is 0 Å². The summed E-state index contributed by atoms with van der Waals surface area (Å²) in [5.41, 5.74) is 1.38. The average molecular weight is 360 g/mol. The molecule has 0 unspecified atom stereocenters. The molecule has 3 saturated carbocycles. The first-order valence-electron chi connectivity index (χ1n) is 11.5. The number of unbranched alkanes of at least 4 members (excludes halogenated alkanes) is 1. The minimum absolute atomic E-state index is 0.350. The Balaban J connectivity index is 1.76. The molecule has 4 aliphatic rings. The molecule has 1 aliphatic heterocycles. The first kappa shape index (κ1) is 18.8. The molecule has 0 aromatic rings. The van der Waals surface area contributed by atoms with Crippen LogP contribution in [-0.4, -0.2) is 23.9 Å². The summed E-state index contributed by atoms with van der Waals surface area (Å²) in [5.74, 6) is 3.04. The summed E-state index contributed by atoms with van der Waals surface area (Å²) < 4.78 is 0.